The maximum Gasteiger partial charge on any atom is 0.101 e. The lowest BCUT2D eigenvalue weighted by Gasteiger charge is -2.33. The van der Waals surface area contributed by atoms with E-state index in [1.807, 2.05) is 0 Å². The van der Waals surface area contributed by atoms with Crippen LogP contribution in [0.15, 0.2) is 12.4 Å². The summed E-state index contributed by atoms with van der Waals surface area (Å²) in [4.78, 5) is 5.42. The predicted molar refractivity (Wildman–Crippen MR) is 186 cm³/mol. The third kappa shape index (κ3) is 23.5. The smallest absolute Gasteiger partial charge is 0.101 e. The van der Waals surface area contributed by atoms with Crippen molar-refractivity contribution in [3.63, 3.8) is 0 Å². The minimum absolute atomic E-state index is 0.641. The first-order valence-corrected chi connectivity index (χ1v) is 19.5. The van der Waals surface area contributed by atoms with Gasteiger partial charge in [-0.25, -0.2) is 0 Å². The molecule has 41 heavy (non-hydrogen) atoms. The van der Waals surface area contributed by atoms with E-state index in [0.717, 1.165) is 0 Å². The summed E-state index contributed by atoms with van der Waals surface area (Å²) >= 11 is 0. The maximum absolute atomic E-state index is 2.71. The molecule has 0 saturated heterocycles. The maximum atomic E-state index is 2.71. The van der Waals surface area contributed by atoms with Crippen LogP contribution in [0.2, 0.25) is 0 Å². The van der Waals surface area contributed by atoms with Crippen LogP contribution in [-0.4, -0.2) is 29.1 Å². The molecule has 1 rings (SSSR count). The number of nitrogens with zero attached hydrogens (tertiary/aromatic N) is 2. The van der Waals surface area contributed by atoms with Crippen LogP contribution < -0.4 is 0 Å². The van der Waals surface area contributed by atoms with Gasteiger partial charge < -0.3 is 9.80 Å². The molecule has 0 spiro atoms. The van der Waals surface area contributed by atoms with E-state index in [2.05, 4.69) is 43.0 Å². The van der Waals surface area contributed by atoms with Gasteiger partial charge in [-0.1, -0.05) is 194 Å². The summed E-state index contributed by atoms with van der Waals surface area (Å²) in [6.07, 6.45) is 49.9. The van der Waals surface area contributed by atoms with Crippen molar-refractivity contribution >= 4 is 0 Å². The Morgan fingerprint density at radius 1 is 0.317 bits per heavy atom. The van der Waals surface area contributed by atoms with Gasteiger partial charge in [0.15, 0.2) is 0 Å². The van der Waals surface area contributed by atoms with E-state index in [1.54, 1.807) is 0 Å². The van der Waals surface area contributed by atoms with Crippen LogP contribution in [0, 0.1) is 0 Å². The van der Waals surface area contributed by atoms with E-state index in [1.165, 1.54) is 212 Å². The van der Waals surface area contributed by atoms with E-state index in [9.17, 15) is 0 Å². The van der Waals surface area contributed by atoms with Gasteiger partial charge in [0.2, 0.25) is 0 Å². The lowest BCUT2D eigenvalue weighted by atomic mass is 10.0. The third-order valence-electron chi connectivity index (χ3n) is 9.57. The van der Waals surface area contributed by atoms with E-state index in [-0.39, 0.29) is 0 Å². The second kappa shape index (κ2) is 30.8. The van der Waals surface area contributed by atoms with Crippen LogP contribution in [-0.2, 0) is 0 Å². The van der Waals surface area contributed by atoms with Crippen LogP contribution >= 0.6 is 0 Å². The molecule has 2 heteroatoms. The molecule has 0 bridgehead atoms. The Morgan fingerprint density at radius 2 is 0.561 bits per heavy atom. The minimum Gasteiger partial charge on any atom is -0.356 e. The number of rotatable bonds is 33. The Balaban J connectivity index is 2.16. The predicted octanol–water partition coefficient (Wildman–Crippen LogP) is 13.6. The van der Waals surface area contributed by atoms with Gasteiger partial charge in [-0.15, -0.1) is 0 Å². The lowest BCUT2D eigenvalue weighted by molar-refractivity contribution is 0.135. The van der Waals surface area contributed by atoms with Gasteiger partial charge in [0.1, 0.15) is 6.17 Å². The third-order valence-corrected chi connectivity index (χ3v) is 9.57. The summed E-state index contributed by atoms with van der Waals surface area (Å²) in [7, 11) is 0. The van der Waals surface area contributed by atoms with Crippen molar-refractivity contribution in [1.29, 1.82) is 0 Å². The number of hydrogen-bond acceptors (Lipinski definition) is 2. The second-order valence-corrected chi connectivity index (χ2v) is 13.6. The topological polar surface area (TPSA) is 6.48 Å². The summed E-state index contributed by atoms with van der Waals surface area (Å²) in [5, 5.41) is 0. The Morgan fingerprint density at radius 3 is 0.854 bits per heavy atom. The average molecular weight is 575 g/mol. The number of unbranched alkanes of at least 4 members (excludes halogenated alkanes) is 27. The highest BCUT2D eigenvalue weighted by Gasteiger charge is 2.24. The van der Waals surface area contributed by atoms with Gasteiger partial charge in [0, 0.05) is 25.5 Å². The molecule has 244 valence electrons. The molecule has 0 amide bonds. The van der Waals surface area contributed by atoms with E-state index >= 15 is 0 Å². The molecule has 2 nitrogen and oxygen atoms in total. The van der Waals surface area contributed by atoms with E-state index < -0.39 is 0 Å². The minimum atomic E-state index is 0.641. The van der Waals surface area contributed by atoms with E-state index in [4.69, 9.17) is 0 Å². The molecular weight excluding hydrogens is 496 g/mol. The van der Waals surface area contributed by atoms with Gasteiger partial charge in [0.05, 0.1) is 0 Å². The Labute approximate surface area is 260 Å². The van der Waals surface area contributed by atoms with Crippen LogP contribution in [0.5, 0.6) is 0 Å². The molecule has 1 unspecified atom stereocenters. The molecule has 1 atom stereocenters. The zero-order valence-corrected chi connectivity index (χ0v) is 29.0. The monoisotopic (exact) mass is 575 g/mol. The fraction of sp³-hybridized carbons (Fsp3) is 0.949. The highest BCUT2D eigenvalue weighted by molar-refractivity contribution is 4.97. The number of hydrogen-bond donors (Lipinski definition) is 0. The molecule has 1 aliphatic rings. The molecule has 0 aliphatic carbocycles. The van der Waals surface area contributed by atoms with Crippen molar-refractivity contribution in [2.75, 3.05) is 13.1 Å². The summed E-state index contributed by atoms with van der Waals surface area (Å²) < 4.78 is 0. The van der Waals surface area contributed by atoms with Crippen molar-refractivity contribution in [2.24, 2.45) is 0 Å². The van der Waals surface area contributed by atoms with Crippen molar-refractivity contribution in [3.05, 3.63) is 12.4 Å². The summed E-state index contributed by atoms with van der Waals surface area (Å²) in [5.41, 5.74) is 0. The van der Waals surface area contributed by atoms with Gasteiger partial charge in [0.25, 0.3) is 0 Å². The largest absolute Gasteiger partial charge is 0.356 e. The highest BCUT2D eigenvalue weighted by Crippen LogP contribution is 2.24. The van der Waals surface area contributed by atoms with Crippen LogP contribution in [0.25, 0.3) is 0 Å². The summed E-state index contributed by atoms with van der Waals surface area (Å²) in [5.74, 6) is 0. The van der Waals surface area contributed by atoms with Crippen molar-refractivity contribution in [1.82, 2.24) is 9.80 Å². The molecule has 1 aliphatic heterocycles. The summed E-state index contributed by atoms with van der Waals surface area (Å²) in [6.45, 7) is 9.48. The Bertz CT molecular complexity index is 530. The Kier molecular flexibility index (Phi) is 28.8. The average Bonchev–Trinajstić information content (AvgIpc) is 3.37. The highest BCUT2D eigenvalue weighted by atomic mass is 15.4. The summed E-state index contributed by atoms with van der Waals surface area (Å²) in [6, 6.07) is 0. The van der Waals surface area contributed by atoms with Gasteiger partial charge in [-0.2, -0.15) is 0 Å². The van der Waals surface area contributed by atoms with Crippen molar-refractivity contribution < 1.29 is 0 Å². The molecule has 0 aromatic carbocycles. The first kappa shape index (κ1) is 38.4. The van der Waals surface area contributed by atoms with Gasteiger partial charge >= 0.3 is 0 Å². The Hall–Kier alpha value is -0.660. The zero-order chi connectivity index (χ0) is 29.5. The van der Waals surface area contributed by atoms with Gasteiger partial charge in [-0.3, -0.25) is 0 Å². The zero-order valence-electron chi connectivity index (χ0n) is 29.0. The first-order chi connectivity index (χ1) is 20.3. The first-order valence-electron chi connectivity index (χ1n) is 19.5. The SMILES string of the molecule is CCCCCCCCCCCCCCCCCN1C=CN(CCCCCCCCCC)C1CCCCCCCCC. The molecular formula is C39H78N2. The molecule has 0 fully saturated rings. The fourth-order valence-corrected chi connectivity index (χ4v) is 6.72. The van der Waals surface area contributed by atoms with E-state index in [0.29, 0.717) is 6.17 Å². The second-order valence-electron chi connectivity index (χ2n) is 13.6. The molecule has 0 radical (unpaired) electrons. The molecule has 0 aromatic rings. The van der Waals surface area contributed by atoms with Crippen molar-refractivity contribution in [2.45, 2.75) is 226 Å². The molecule has 0 N–H and O–H groups in total. The molecule has 1 heterocycles. The molecule has 0 aromatic heterocycles. The quantitative estimate of drug-likeness (QED) is 0.0719. The van der Waals surface area contributed by atoms with Gasteiger partial charge in [-0.05, 0) is 25.7 Å². The lowest BCUT2D eigenvalue weighted by Crippen LogP contribution is -2.39. The van der Waals surface area contributed by atoms with Crippen LogP contribution in [0.3, 0.4) is 0 Å². The van der Waals surface area contributed by atoms with Crippen LogP contribution in [0.4, 0.5) is 0 Å². The van der Waals surface area contributed by atoms with Crippen molar-refractivity contribution in [3.8, 4) is 0 Å². The van der Waals surface area contributed by atoms with Crippen LogP contribution in [0.1, 0.15) is 220 Å². The fourth-order valence-electron chi connectivity index (χ4n) is 6.72. The normalized spacial score (nSPS) is 15.0. The molecule has 0 saturated carbocycles. The standard InChI is InChI=1S/C39H78N2/c1-4-7-10-13-16-18-19-20-21-22-23-24-27-30-33-36-41-38-37-40(35-32-29-26-17-14-11-8-5-2)39(41)34-31-28-25-15-12-9-6-3/h37-39H,4-36H2,1-3H3.